The molecular weight excluding hydrogens is 216 g/mol. The summed E-state index contributed by atoms with van der Waals surface area (Å²) in [6.07, 6.45) is 0.954. The number of rotatable bonds is 5. The molecule has 0 unspecified atom stereocenters. The van der Waals surface area contributed by atoms with Gasteiger partial charge in [0.25, 0.3) is 0 Å². The van der Waals surface area contributed by atoms with E-state index >= 15 is 0 Å². The maximum Gasteiger partial charge on any atom is 0.166 e. The van der Waals surface area contributed by atoms with Gasteiger partial charge < -0.3 is 14.6 Å². The van der Waals surface area contributed by atoms with Gasteiger partial charge in [-0.15, -0.1) is 0 Å². The fraction of sp³-hybridized carbons (Fsp3) is 0.571. The first-order chi connectivity index (χ1) is 7.98. The van der Waals surface area contributed by atoms with Crippen LogP contribution in [0.5, 0.6) is 11.5 Å². The standard InChI is InChI=1S/C14H22O3/c1-14(2,3)8-9-17-13-11(10-15)6-5-7-12(13)16-4/h5-7,15H,8-10H2,1-4H3. The lowest BCUT2D eigenvalue weighted by Crippen LogP contribution is -2.12. The van der Waals surface area contributed by atoms with E-state index in [9.17, 15) is 5.11 Å². The number of hydrogen-bond acceptors (Lipinski definition) is 3. The Morgan fingerprint density at radius 1 is 1.24 bits per heavy atom. The number of aliphatic hydroxyl groups excluding tert-OH is 1. The Morgan fingerprint density at radius 3 is 2.47 bits per heavy atom. The van der Waals surface area contributed by atoms with E-state index in [4.69, 9.17) is 9.47 Å². The number of hydrogen-bond donors (Lipinski definition) is 1. The number of para-hydroxylation sites is 1. The van der Waals surface area contributed by atoms with Crippen molar-refractivity contribution in [2.75, 3.05) is 13.7 Å². The van der Waals surface area contributed by atoms with Gasteiger partial charge in [-0.3, -0.25) is 0 Å². The van der Waals surface area contributed by atoms with Gasteiger partial charge in [-0.25, -0.2) is 0 Å². The van der Waals surface area contributed by atoms with Gasteiger partial charge in [0.2, 0.25) is 0 Å². The molecule has 3 heteroatoms. The van der Waals surface area contributed by atoms with Crippen LogP contribution in [-0.4, -0.2) is 18.8 Å². The van der Waals surface area contributed by atoms with E-state index < -0.39 is 0 Å². The van der Waals surface area contributed by atoms with E-state index in [0.717, 1.165) is 12.0 Å². The fourth-order valence-electron chi connectivity index (χ4n) is 1.47. The van der Waals surface area contributed by atoms with E-state index in [-0.39, 0.29) is 12.0 Å². The van der Waals surface area contributed by atoms with Gasteiger partial charge >= 0.3 is 0 Å². The maximum atomic E-state index is 9.26. The summed E-state index contributed by atoms with van der Waals surface area (Å²) in [7, 11) is 1.60. The van der Waals surface area contributed by atoms with Crippen LogP contribution in [-0.2, 0) is 6.61 Å². The molecule has 17 heavy (non-hydrogen) atoms. The highest BCUT2D eigenvalue weighted by molar-refractivity contribution is 5.46. The van der Waals surface area contributed by atoms with Crippen molar-refractivity contribution in [2.45, 2.75) is 33.8 Å². The van der Waals surface area contributed by atoms with E-state index in [1.54, 1.807) is 7.11 Å². The minimum atomic E-state index is -0.0396. The van der Waals surface area contributed by atoms with Crippen LogP contribution in [0.4, 0.5) is 0 Å². The second-order valence-electron chi connectivity index (χ2n) is 5.27. The van der Waals surface area contributed by atoms with Gasteiger partial charge in [-0.1, -0.05) is 32.9 Å². The largest absolute Gasteiger partial charge is 0.493 e. The first-order valence-corrected chi connectivity index (χ1v) is 5.87. The van der Waals surface area contributed by atoms with Crippen molar-refractivity contribution in [3.63, 3.8) is 0 Å². The zero-order chi connectivity index (χ0) is 12.9. The fourth-order valence-corrected chi connectivity index (χ4v) is 1.47. The van der Waals surface area contributed by atoms with Crippen molar-refractivity contribution in [1.29, 1.82) is 0 Å². The highest BCUT2D eigenvalue weighted by atomic mass is 16.5. The molecule has 0 fully saturated rings. The highest BCUT2D eigenvalue weighted by Gasteiger charge is 2.13. The third-order valence-electron chi connectivity index (χ3n) is 2.55. The van der Waals surface area contributed by atoms with Gasteiger partial charge in [-0.2, -0.15) is 0 Å². The first-order valence-electron chi connectivity index (χ1n) is 5.87. The third-order valence-corrected chi connectivity index (χ3v) is 2.55. The summed E-state index contributed by atoms with van der Waals surface area (Å²) in [6, 6.07) is 5.53. The van der Waals surface area contributed by atoms with Crippen LogP contribution in [0.25, 0.3) is 0 Å². The van der Waals surface area contributed by atoms with Crippen molar-refractivity contribution in [3.05, 3.63) is 23.8 Å². The Kier molecular flexibility index (Phi) is 4.82. The van der Waals surface area contributed by atoms with Gasteiger partial charge in [0.1, 0.15) is 0 Å². The Bertz CT molecular complexity index is 331. The molecule has 1 rings (SSSR count). The van der Waals surface area contributed by atoms with Crippen molar-refractivity contribution in [2.24, 2.45) is 5.41 Å². The van der Waals surface area contributed by atoms with E-state index in [1.165, 1.54) is 0 Å². The number of aliphatic hydroxyl groups is 1. The molecule has 3 nitrogen and oxygen atoms in total. The molecule has 1 aromatic rings. The summed E-state index contributed by atoms with van der Waals surface area (Å²) in [5.41, 5.74) is 1.000. The van der Waals surface area contributed by atoms with Crippen LogP contribution in [0.3, 0.4) is 0 Å². The molecule has 0 amide bonds. The van der Waals surface area contributed by atoms with Gasteiger partial charge in [0.05, 0.1) is 20.3 Å². The topological polar surface area (TPSA) is 38.7 Å². The predicted molar refractivity (Wildman–Crippen MR) is 68.5 cm³/mol. The van der Waals surface area contributed by atoms with Gasteiger partial charge in [-0.05, 0) is 17.9 Å². The molecule has 0 aliphatic carbocycles. The first kappa shape index (κ1) is 13.8. The molecule has 0 radical (unpaired) electrons. The minimum absolute atomic E-state index is 0.0396. The maximum absolute atomic E-state index is 9.26. The van der Waals surface area contributed by atoms with Crippen LogP contribution in [0.15, 0.2) is 18.2 Å². The van der Waals surface area contributed by atoms with Gasteiger partial charge in [0, 0.05) is 5.56 Å². The molecule has 0 saturated heterocycles. The van der Waals surface area contributed by atoms with Crippen molar-refractivity contribution in [3.8, 4) is 11.5 Å². The molecule has 0 atom stereocenters. The summed E-state index contributed by atoms with van der Waals surface area (Å²) >= 11 is 0. The molecule has 1 N–H and O–H groups in total. The molecule has 0 aromatic heterocycles. The molecular formula is C14H22O3. The second-order valence-corrected chi connectivity index (χ2v) is 5.27. The van der Waals surface area contributed by atoms with Crippen molar-refractivity contribution in [1.82, 2.24) is 0 Å². The summed E-state index contributed by atoms with van der Waals surface area (Å²) in [6.45, 7) is 7.10. The van der Waals surface area contributed by atoms with E-state index in [1.807, 2.05) is 18.2 Å². The molecule has 0 spiro atoms. The van der Waals surface area contributed by atoms with Crippen molar-refractivity contribution >= 4 is 0 Å². The average molecular weight is 238 g/mol. The number of benzene rings is 1. The Balaban J connectivity index is 2.74. The molecule has 0 saturated carbocycles. The Labute approximate surface area is 103 Å². The van der Waals surface area contributed by atoms with Crippen LogP contribution < -0.4 is 9.47 Å². The summed E-state index contributed by atoms with van der Waals surface area (Å²) in [5, 5.41) is 9.26. The zero-order valence-electron chi connectivity index (χ0n) is 11.1. The summed E-state index contributed by atoms with van der Waals surface area (Å²) in [4.78, 5) is 0. The zero-order valence-corrected chi connectivity index (χ0v) is 11.1. The molecule has 96 valence electrons. The molecule has 0 aliphatic rings. The highest BCUT2D eigenvalue weighted by Crippen LogP contribution is 2.31. The summed E-state index contributed by atoms with van der Waals surface area (Å²) in [5.74, 6) is 1.33. The van der Waals surface area contributed by atoms with Crippen LogP contribution in [0.2, 0.25) is 0 Å². The number of ether oxygens (including phenoxy) is 2. The molecule has 1 aromatic carbocycles. The normalized spacial score (nSPS) is 11.4. The van der Waals surface area contributed by atoms with Crippen LogP contribution in [0.1, 0.15) is 32.8 Å². The quantitative estimate of drug-likeness (QED) is 0.857. The SMILES string of the molecule is COc1cccc(CO)c1OCCC(C)(C)C. The lowest BCUT2D eigenvalue weighted by Gasteiger charge is -2.20. The lowest BCUT2D eigenvalue weighted by atomic mass is 9.93. The smallest absolute Gasteiger partial charge is 0.166 e. The van der Waals surface area contributed by atoms with E-state index in [0.29, 0.717) is 18.1 Å². The molecule has 0 aliphatic heterocycles. The Morgan fingerprint density at radius 2 is 1.94 bits per heavy atom. The Hall–Kier alpha value is -1.22. The average Bonchev–Trinajstić information content (AvgIpc) is 2.27. The molecule has 0 bridgehead atoms. The monoisotopic (exact) mass is 238 g/mol. The molecule has 0 heterocycles. The van der Waals surface area contributed by atoms with E-state index in [2.05, 4.69) is 20.8 Å². The van der Waals surface area contributed by atoms with Crippen LogP contribution in [0, 0.1) is 5.41 Å². The predicted octanol–water partition coefficient (Wildman–Crippen LogP) is 3.00. The lowest BCUT2D eigenvalue weighted by molar-refractivity contribution is 0.222. The van der Waals surface area contributed by atoms with Gasteiger partial charge in [0.15, 0.2) is 11.5 Å². The summed E-state index contributed by atoms with van der Waals surface area (Å²) < 4.78 is 11.0. The second kappa shape index (κ2) is 5.92. The minimum Gasteiger partial charge on any atom is -0.493 e. The number of methoxy groups -OCH3 is 1. The van der Waals surface area contributed by atoms with Crippen LogP contribution >= 0.6 is 0 Å². The third kappa shape index (κ3) is 4.27. The van der Waals surface area contributed by atoms with Crippen molar-refractivity contribution < 1.29 is 14.6 Å².